The molecular formula is C14H13ClN6O2S. The quantitative estimate of drug-likeness (QED) is 0.308. The maximum atomic E-state index is 12.0. The summed E-state index contributed by atoms with van der Waals surface area (Å²) < 4.78 is 0. The number of aromatic nitrogens is 4. The predicted molar refractivity (Wildman–Crippen MR) is 92.3 cm³/mol. The SMILES string of the molecule is Nc1nc(SCCNC(=O)c2ccc(Cl)c(O)c2)c2[nH]cnc2n1. The van der Waals surface area contributed by atoms with Crippen molar-refractivity contribution in [3.8, 4) is 5.75 Å². The highest BCUT2D eigenvalue weighted by Crippen LogP contribution is 2.24. The number of nitrogens with zero attached hydrogens (tertiary/aromatic N) is 3. The van der Waals surface area contributed by atoms with Crippen molar-refractivity contribution in [3.63, 3.8) is 0 Å². The molecule has 3 aromatic rings. The summed E-state index contributed by atoms with van der Waals surface area (Å²) in [5.74, 6) is 0.307. The van der Waals surface area contributed by atoms with Crippen LogP contribution in [0.1, 0.15) is 10.4 Å². The first kappa shape index (κ1) is 16.3. The third kappa shape index (κ3) is 3.52. The Morgan fingerprint density at radius 2 is 2.25 bits per heavy atom. The molecule has 1 amide bonds. The van der Waals surface area contributed by atoms with Crippen LogP contribution in [0.2, 0.25) is 5.02 Å². The van der Waals surface area contributed by atoms with E-state index < -0.39 is 0 Å². The van der Waals surface area contributed by atoms with E-state index in [0.29, 0.717) is 34.1 Å². The minimum atomic E-state index is -0.295. The molecule has 0 aliphatic rings. The number of phenols is 1. The van der Waals surface area contributed by atoms with Crippen molar-refractivity contribution in [2.45, 2.75) is 5.03 Å². The van der Waals surface area contributed by atoms with E-state index in [9.17, 15) is 9.90 Å². The number of phenolic OH excluding ortho intramolecular Hbond substituents is 1. The largest absolute Gasteiger partial charge is 0.506 e. The Hall–Kier alpha value is -2.52. The highest BCUT2D eigenvalue weighted by molar-refractivity contribution is 7.99. The molecule has 5 N–H and O–H groups in total. The summed E-state index contributed by atoms with van der Waals surface area (Å²) >= 11 is 7.14. The molecule has 0 radical (unpaired) electrons. The fourth-order valence-corrected chi connectivity index (χ4v) is 2.96. The predicted octanol–water partition coefficient (Wildman–Crippen LogP) is 1.82. The molecule has 0 saturated heterocycles. The Bertz CT molecular complexity index is 900. The smallest absolute Gasteiger partial charge is 0.251 e. The molecule has 24 heavy (non-hydrogen) atoms. The van der Waals surface area contributed by atoms with Gasteiger partial charge in [0, 0.05) is 17.9 Å². The number of imidazole rings is 1. The van der Waals surface area contributed by atoms with Gasteiger partial charge in [0.2, 0.25) is 5.95 Å². The first-order chi connectivity index (χ1) is 11.5. The number of carbonyl (C=O) groups is 1. The van der Waals surface area contributed by atoms with Crippen LogP contribution in [0.25, 0.3) is 11.2 Å². The zero-order valence-corrected chi connectivity index (χ0v) is 13.9. The van der Waals surface area contributed by atoms with Crippen LogP contribution in [0.15, 0.2) is 29.6 Å². The Labute approximate surface area is 145 Å². The van der Waals surface area contributed by atoms with E-state index in [1.807, 2.05) is 0 Å². The van der Waals surface area contributed by atoms with Crippen molar-refractivity contribution in [2.24, 2.45) is 0 Å². The number of nitrogens with two attached hydrogens (primary N) is 1. The lowest BCUT2D eigenvalue weighted by atomic mass is 10.2. The van der Waals surface area contributed by atoms with Gasteiger partial charge in [-0.25, -0.2) is 9.97 Å². The van der Waals surface area contributed by atoms with E-state index in [-0.39, 0.29) is 22.6 Å². The van der Waals surface area contributed by atoms with E-state index >= 15 is 0 Å². The zero-order valence-electron chi connectivity index (χ0n) is 12.3. The molecule has 2 aromatic heterocycles. The van der Waals surface area contributed by atoms with Crippen LogP contribution in [0.4, 0.5) is 5.95 Å². The fourth-order valence-electron chi connectivity index (χ4n) is 2.00. The van der Waals surface area contributed by atoms with E-state index in [1.165, 1.54) is 30.2 Å². The Morgan fingerprint density at radius 3 is 3.04 bits per heavy atom. The van der Waals surface area contributed by atoms with Crippen LogP contribution in [0.3, 0.4) is 0 Å². The second-order valence-electron chi connectivity index (χ2n) is 4.76. The molecular weight excluding hydrogens is 352 g/mol. The van der Waals surface area contributed by atoms with Gasteiger partial charge in [0.15, 0.2) is 5.65 Å². The second kappa shape index (κ2) is 6.93. The summed E-state index contributed by atoms with van der Waals surface area (Å²) in [5, 5.41) is 13.2. The third-order valence-electron chi connectivity index (χ3n) is 3.10. The topological polar surface area (TPSA) is 130 Å². The Kier molecular flexibility index (Phi) is 4.72. The molecule has 3 rings (SSSR count). The standard InChI is InChI=1S/C14H13ClN6O2S/c15-8-2-1-7(5-9(8)22)12(23)17-3-4-24-13-10-11(19-6-18-10)20-14(16)21-13/h1-2,5-6,22H,3-4H2,(H,17,23)(H3,16,18,19,20,21). The average Bonchev–Trinajstić information content (AvgIpc) is 3.02. The van der Waals surface area contributed by atoms with Crippen molar-refractivity contribution in [3.05, 3.63) is 35.1 Å². The first-order valence-corrected chi connectivity index (χ1v) is 8.27. The minimum Gasteiger partial charge on any atom is -0.506 e. The van der Waals surface area contributed by atoms with E-state index in [4.69, 9.17) is 17.3 Å². The maximum absolute atomic E-state index is 12.0. The van der Waals surface area contributed by atoms with Gasteiger partial charge in [-0.1, -0.05) is 11.6 Å². The number of aromatic hydroxyl groups is 1. The van der Waals surface area contributed by atoms with Gasteiger partial charge in [0.1, 0.15) is 16.3 Å². The highest BCUT2D eigenvalue weighted by Gasteiger charge is 2.10. The number of fused-ring (bicyclic) bond motifs is 1. The Balaban J connectivity index is 1.57. The monoisotopic (exact) mass is 364 g/mol. The number of nitrogen functional groups attached to an aromatic ring is 1. The third-order valence-corrected chi connectivity index (χ3v) is 4.40. The lowest BCUT2D eigenvalue weighted by Crippen LogP contribution is -2.25. The molecule has 1 aromatic carbocycles. The molecule has 8 nitrogen and oxygen atoms in total. The average molecular weight is 365 g/mol. The molecule has 0 spiro atoms. The van der Waals surface area contributed by atoms with Crippen LogP contribution in [-0.2, 0) is 0 Å². The number of halogens is 1. The van der Waals surface area contributed by atoms with E-state index in [0.717, 1.165) is 0 Å². The number of hydrogen-bond donors (Lipinski definition) is 4. The van der Waals surface area contributed by atoms with Gasteiger partial charge in [-0.05, 0) is 18.2 Å². The summed E-state index contributed by atoms with van der Waals surface area (Å²) in [5.41, 5.74) is 7.20. The molecule has 124 valence electrons. The molecule has 10 heteroatoms. The van der Waals surface area contributed by atoms with Crippen LogP contribution < -0.4 is 11.1 Å². The zero-order chi connectivity index (χ0) is 17.1. The van der Waals surface area contributed by atoms with Crippen molar-refractivity contribution >= 4 is 46.4 Å². The number of anilines is 1. The number of nitrogens with one attached hydrogen (secondary N) is 2. The fraction of sp³-hybridized carbons (Fsp3) is 0.143. The van der Waals surface area contributed by atoms with Gasteiger partial charge in [-0.3, -0.25) is 4.79 Å². The van der Waals surface area contributed by atoms with Crippen molar-refractivity contribution in [1.82, 2.24) is 25.3 Å². The van der Waals surface area contributed by atoms with Gasteiger partial charge in [0.05, 0.1) is 11.3 Å². The van der Waals surface area contributed by atoms with Crippen LogP contribution in [0, 0.1) is 0 Å². The van der Waals surface area contributed by atoms with Crippen LogP contribution >= 0.6 is 23.4 Å². The molecule has 0 atom stereocenters. The van der Waals surface area contributed by atoms with Crippen molar-refractivity contribution < 1.29 is 9.90 Å². The van der Waals surface area contributed by atoms with E-state index in [2.05, 4.69) is 25.3 Å². The summed E-state index contributed by atoms with van der Waals surface area (Å²) in [6, 6.07) is 4.34. The summed E-state index contributed by atoms with van der Waals surface area (Å²) in [7, 11) is 0. The number of H-pyrrole nitrogens is 1. The number of carbonyl (C=O) groups excluding carboxylic acids is 1. The van der Waals surface area contributed by atoms with Crippen molar-refractivity contribution in [1.29, 1.82) is 0 Å². The van der Waals surface area contributed by atoms with Crippen molar-refractivity contribution in [2.75, 3.05) is 18.0 Å². The molecule has 0 bridgehead atoms. The van der Waals surface area contributed by atoms with Gasteiger partial charge in [-0.2, -0.15) is 4.98 Å². The molecule has 0 fully saturated rings. The number of aromatic amines is 1. The molecule has 2 heterocycles. The summed E-state index contributed by atoms with van der Waals surface area (Å²) in [6.07, 6.45) is 1.53. The number of rotatable bonds is 5. The van der Waals surface area contributed by atoms with Gasteiger partial charge >= 0.3 is 0 Å². The van der Waals surface area contributed by atoms with Crippen LogP contribution in [-0.4, -0.2) is 43.2 Å². The number of benzene rings is 1. The summed E-state index contributed by atoms with van der Waals surface area (Å²) in [6.45, 7) is 0.409. The first-order valence-electron chi connectivity index (χ1n) is 6.90. The summed E-state index contributed by atoms with van der Waals surface area (Å²) in [4.78, 5) is 27.2. The molecule has 0 saturated carbocycles. The molecule has 0 unspecified atom stereocenters. The second-order valence-corrected chi connectivity index (χ2v) is 6.25. The van der Waals surface area contributed by atoms with Gasteiger partial charge in [-0.15, -0.1) is 11.8 Å². The van der Waals surface area contributed by atoms with Gasteiger partial charge < -0.3 is 21.1 Å². The number of hydrogen-bond acceptors (Lipinski definition) is 7. The molecule has 0 aliphatic carbocycles. The maximum Gasteiger partial charge on any atom is 0.251 e. The Morgan fingerprint density at radius 1 is 1.42 bits per heavy atom. The van der Waals surface area contributed by atoms with E-state index in [1.54, 1.807) is 6.07 Å². The minimum absolute atomic E-state index is 0.128. The number of thioether (sulfide) groups is 1. The molecule has 0 aliphatic heterocycles. The lowest BCUT2D eigenvalue weighted by molar-refractivity contribution is 0.0956. The van der Waals surface area contributed by atoms with Gasteiger partial charge in [0.25, 0.3) is 5.91 Å². The number of amides is 1. The van der Waals surface area contributed by atoms with Crippen LogP contribution in [0.5, 0.6) is 5.75 Å². The highest BCUT2D eigenvalue weighted by atomic mass is 35.5. The lowest BCUT2D eigenvalue weighted by Gasteiger charge is -2.06. The normalized spacial score (nSPS) is 10.9.